The van der Waals surface area contributed by atoms with Crippen molar-refractivity contribution < 1.29 is 19.1 Å². The number of hydrogen-bond donors (Lipinski definition) is 1. The predicted molar refractivity (Wildman–Crippen MR) is 90.5 cm³/mol. The number of fused-ring (bicyclic) bond motifs is 1. The molecule has 1 fully saturated rings. The molecule has 1 N–H and O–H groups in total. The van der Waals surface area contributed by atoms with E-state index >= 15 is 0 Å². The van der Waals surface area contributed by atoms with Crippen molar-refractivity contribution in [1.29, 1.82) is 0 Å². The van der Waals surface area contributed by atoms with Gasteiger partial charge in [-0.2, -0.15) is 0 Å². The lowest BCUT2D eigenvalue weighted by Gasteiger charge is -2.33. The van der Waals surface area contributed by atoms with Crippen LogP contribution >= 0.6 is 0 Å². The van der Waals surface area contributed by atoms with Crippen LogP contribution in [0, 0.1) is 5.92 Å². The highest BCUT2D eigenvalue weighted by molar-refractivity contribution is 6.36. The summed E-state index contributed by atoms with van der Waals surface area (Å²) in [7, 11) is -0.753. The number of allylic oxidation sites excluding steroid dienone is 3. The third kappa shape index (κ3) is 3.64. The highest BCUT2D eigenvalue weighted by Gasteiger charge is 2.36. The number of hydrogen-bond acceptors (Lipinski definition) is 4. The van der Waals surface area contributed by atoms with Crippen LogP contribution in [0.2, 0.25) is 0 Å². The predicted octanol–water partition coefficient (Wildman–Crippen LogP) is 3.25. The van der Waals surface area contributed by atoms with Crippen LogP contribution in [0.25, 0.3) is 6.08 Å². The molecule has 0 aromatic heterocycles. The summed E-state index contributed by atoms with van der Waals surface area (Å²) in [5, 5.41) is 9.89. The molecule has 0 saturated carbocycles. The van der Waals surface area contributed by atoms with Crippen LogP contribution in [-0.2, 0) is 20.6 Å². The third-order valence-corrected chi connectivity index (χ3v) is 3.96. The highest BCUT2D eigenvalue weighted by atomic mass is 16.7. The van der Waals surface area contributed by atoms with Crippen molar-refractivity contribution >= 4 is 13.4 Å². The van der Waals surface area contributed by atoms with Crippen molar-refractivity contribution in [2.45, 2.75) is 12.7 Å². The number of rotatable bonds is 5. The minimum Gasteiger partial charge on any atom is -0.508 e. The highest BCUT2D eigenvalue weighted by Crippen LogP contribution is 2.27. The van der Waals surface area contributed by atoms with Gasteiger partial charge in [0.1, 0.15) is 5.75 Å². The third-order valence-electron chi connectivity index (χ3n) is 3.96. The van der Waals surface area contributed by atoms with E-state index < -0.39 is 7.32 Å². The number of phenolic OH excluding ortho intramolecular Hbond substituents is 1. The molecule has 3 rings (SSSR count). The van der Waals surface area contributed by atoms with E-state index in [-0.39, 0.29) is 24.4 Å². The summed E-state index contributed by atoms with van der Waals surface area (Å²) in [6, 6.07) is 5.24. The van der Waals surface area contributed by atoms with Gasteiger partial charge in [0.05, 0.1) is 12.7 Å². The van der Waals surface area contributed by atoms with Gasteiger partial charge in [-0.15, -0.1) is 0 Å². The monoisotopic (exact) mass is 310 g/mol. The van der Waals surface area contributed by atoms with Gasteiger partial charge in [0.15, 0.2) is 0 Å². The van der Waals surface area contributed by atoms with Crippen LogP contribution in [0.3, 0.4) is 0 Å². The van der Waals surface area contributed by atoms with Crippen molar-refractivity contribution in [3.63, 3.8) is 0 Å². The molecule has 0 amide bonds. The molecule has 1 aliphatic carbocycles. The van der Waals surface area contributed by atoms with Crippen molar-refractivity contribution in [3.05, 3.63) is 72.4 Å². The quantitative estimate of drug-likeness (QED) is 0.848. The Kier molecular flexibility index (Phi) is 4.81. The van der Waals surface area contributed by atoms with Gasteiger partial charge in [-0.1, -0.05) is 43.5 Å². The molecule has 118 valence electrons. The molecule has 1 saturated heterocycles. The van der Waals surface area contributed by atoms with E-state index in [0.717, 1.165) is 11.1 Å². The van der Waals surface area contributed by atoms with Gasteiger partial charge >= 0.3 is 7.32 Å². The molecule has 2 atom stereocenters. The summed E-state index contributed by atoms with van der Waals surface area (Å²) in [5.41, 5.74) is 2.62. The van der Waals surface area contributed by atoms with Gasteiger partial charge in [-0.3, -0.25) is 0 Å². The maximum Gasteiger partial charge on any atom is 0.640 e. The normalized spacial score (nSPS) is 23.1. The lowest BCUT2D eigenvalue weighted by atomic mass is 9.91. The Bertz CT molecular complexity index is 665. The Labute approximate surface area is 136 Å². The first-order chi connectivity index (χ1) is 11.2. The van der Waals surface area contributed by atoms with Crippen molar-refractivity contribution in [2.24, 2.45) is 5.92 Å². The lowest BCUT2D eigenvalue weighted by Crippen LogP contribution is -2.43. The van der Waals surface area contributed by atoms with E-state index in [0.29, 0.717) is 12.2 Å². The molecule has 2 aliphatic rings. The molecule has 1 aliphatic heterocycles. The molecular weight excluding hydrogens is 291 g/mol. The summed E-state index contributed by atoms with van der Waals surface area (Å²) in [5.74, 6) is 0.370. The van der Waals surface area contributed by atoms with E-state index in [1.165, 1.54) is 0 Å². The van der Waals surface area contributed by atoms with Gasteiger partial charge in [-0.25, -0.2) is 0 Å². The van der Waals surface area contributed by atoms with Crippen LogP contribution in [0.5, 0.6) is 5.75 Å². The van der Waals surface area contributed by atoms with Crippen LogP contribution in [-0.4, -0.2) is 25.1 Å². The average Bonchev–Trinajstić information content (AvgIpc) is 2.60. The van der Waals surface area contributed by atoms with Crippen molar-refractivity contribution in [1.82, 2.24) is 0 Å². The second-order valence-electron chi connectivity index (χ2n) is 5.52. The van der Waals surface area contributed by atoms with Gasteiger partial charge in [0, 0.05) is 18.1 Å². The molecule has 0 bridgehead atoms. The molecule has 1 aromatic rings. The zero-order valence-corrected chi connectivity index (χ0v) is 12.9. The topological polar surface area (TPSA) is 47.9 Å². The molecule has 0 radical (unpaired) electrons. The molecule has 4 nitrogen and oxygen atoms in total. The van der Waals surface area contributed by atoms with Gasteiger partial charge in [0.2, 0.25) is 0 Å². The Morgan fingerprint density at radius 3 is 3.00 bits per heavy atom. The second-order valence-corrected chi connectivity index (χ2v) is 5.52. The summed E-state index contributed by atoms with van der Waals surface area (Å²) >= 11 is 0. The standard InChI is InChI=1S/C18H19BO4/c1-3-13-6-8-17(20)16(9-13)12-22-19-21-11-15-7-5-14(4-2)10-18(15)23-19/h3-10,15,18,20H,1-2,11-12H2. The SMILES string of the molecule is C=CC1=CC2OB(OCc3cc(C=C)ccc3O)OCC2C=C1. The summed E-state index contributed by atoms with van der Waals surface area (Å²) in [6.07, 6.45) is 9.53. The summed E-state index contributed by atoms with van der Waals surface area (Å²) < 4.78 is 17.1. The Morgan fingerprint density at radius 1 is 1.35 bits per heavy atom. The molecular formula is C18H19BO4. The van der Waals surface area contributed by atoms with Crippen LogP contribution < -0.4 is 0 Å². The first-order valence-electron chi connectivity index (χ1n) is 7.55. The zero-order chi connectivity index (χ0) is 16.2. The summed E-state index contributed by atoms with van der Waals surface area (Å²) in [6.45, 7) is 8.22. The number of benzene rings is 1. The smallest absolute Gasteiger partial charge is 0.508 e. The Hall–Kier alpha value is -2.08. The molecule has 1 heterocycles. The minimum absolute atomic E-state index is 0.0835. The van der Waals surface area contributed by atoms with Crippen LogP contribution in [0.1, 0.15) is 11.1 Å². The fourth-order valence-electron chi connectivity index (χ4n) is 2.59. The molecule has 1 aromatic carbocycles. The Morgan fingerprint density at radius 2 is 2.22 bits per heavy atom. The average molecular weight is 310 g/mol. The molecule has 5 heteroatoms. The van der Waals surface area contributed by atoms with Gasteiger partial charge in [0.25, 0.3) is 0 Å². The van der Waals surface area contributed by atoms with E-state index in [4.69, 9.17) is 14.0 Å². The Balaban J connectivity index is 1.61. The lowest BCUT2D eigenvalue weighted by molar-refractivity contribution is -0.00295. The van der Waals surface area contributed by atoms with E-state index in [1.54, 1.807) is 24.3 Å². The van der Waals surface area contributed by atoms with Crippen LogP contribution in [0.4, 0.5) is 0 Å². The molecule has 0 spiro atoms. The number of aromatic hydroxyl groups is 1. The fraction of sp³-hybridized carbons (Fsp3) is 0.222. The van der Waals surface area contributed by atoms with Crippen LogP contribution in [0.15, 0.2) is 61.2 Å². The number of phenols is 1. The zero-order valence-electron chi connectivity index (χ0n) is 12.9. The second kappa shape index (κ2) is 7.00. The fourth-order valence-corrected chi connectivity index (χ4v) is 2.59. The maximum atomic E-state index is 9.89. The molecule has 23 heavy (non-hydrogen) atoms. The largest absolute Gasteiger partial charge is 0.640 e. The van der Waals surface area contributed by atoms with E-state index in [1.807, 2.05) is 18.2 Å². The van der Waals surface area contributed by atoms with E-state index in [9.17, 15) is 5.11 Å². The maximum absolute atomic E-state index is 9.89. The van der Waals surface area contributed by atoms with E-state index in [2.05, 4.69) is 19.2 Å². The first-order valence-corrected chi connectivity index (χ1v) is 7.55. The van der Waals surface area contributed by atoms with Gasteiger partial charge in [-0.05, 0) is 29.3 Å². The van der Waals surface area contributed by atoms with Gasteiger partial charge < -0.3 is 19.1 Å². The first kappa shape index (κ1) is 15.8. The van der Waals surface area contributed by atoms with Crippen molar-refractivity contribution in [2.75, 3.05) is 6.61 Å². The van der Waals surface area contributed by atoms with Crippen molar-refractivity contribution in [3.8, 4) is 5.75 Å². The summed E-state index contributed by atoms with van der Waals surface area (Å²) in [4.78, 5) is 0. The molecule has 2 unspecified atom stereocenters. The minimum atomic E-state index is -0.753.